The number of nitrogens with zero attached hydrogens (tertiary/aromatic N) is 3. The molecule has 1 spiro atoms. The number of amides is 3. The Morgan fingerprint density at radius 2 is 1.59 bits per heavy atom. The number of halogens is 1. The van der Waals surface area contributed by atoms with Crippen LogP contribution in [0.1, 0.15) is 13.8 Å². The lowest BCUT2D eigenvalue weighted by Gasteiger charge is -2.39. The summed E-state index contributed by atoms with van der Waals surface area (Å²) in [5.41, 5.74) is -1.30. The van der Waals surface area contributed by atoms with Gasteiger partial charge in [-0.1, -0.05) is 66.2 Å². The minimum atomic E-state index is -1.41. The van der Waals surface area contributed by atoms with E-state index < -0.39 is 35.1 Å². The SMILES string of the molecule is C[C@H](CO)N1C(=O)[C@@H]2[C@H]3C(=O)N(c4ccccc4)CC=C[C@@]3(C)O[C@@]23C=CCN(c2ccccc2Cl)C(=O)C13. The van der Waals surface area contributed by atoms with Crippen LogP contribution >= 0.6 is 11.6 Å². The molecule has 4 heterocycles. The molecule has 1 unspecified atom stereocenters. The van der Waals surface area contributed by atoms with E-state index in [0.29, 0.717) is 17.3 Å². The first-order valence-electron chi connectivity index (χ1n) is 13.1. The van der Waals surface area contributed by atoms with Crippen molar-refractivity contribution in [3.63, 3.8) is 0 Å². The number of hydrogen-bond donors (Lipinski definition) is 1. The van der Waals surface area contributed by atoms with E-state index in [-0.39, 0.29) is 30.9 Å². The lowest BCUT2D eigenvalue weighted by atomic mass is 9.74. The highest BCUT2D eigenvalue weighted by Crippen LogP contribution is 2.58. The number of benzene rings is 2. The smallest absolute Gasteiger partial charge is 0.253 e. The van der Waals surface area contributed by atoms with Gasteiger partial charge in [-0.2, -0.15) is 0 Å². The second kappa shape index (κ2) is 9.33. The van der Waals surface area contributed by atoms with Gasteiger partial charge in [-0.05, 0) is 38.1 Å². The standard InChI is InChI=1S/C30H30ClN3O5/c1-19(18-35)34-25-28(38)33(22-13-7-6-12-21(22)31)17-9-15-30(25)24(27(34)37)23-26(36)32(20-10-4-3-5-11-20)16-8-14-29(23,2)39-30/h3-15,19,23-25,35H,16-18H2,1-2H3/t19-,23+,24+,25?,29-,30+/m1/s1. The lowest BCUT2D eigenvalue weighted by Crippen LogP contribution is -2.58. The summed E-state index contributed by atoms with van der Waals surface area (Å²) in [6.45, 7) is 3.71. The van der Waals surface area contributed by atoms with Crippen LogP contribution in [-0.4, -0.2) is 70.7 Å². The van der Waals surface area contributed by atoms with Crippen molar-refractivity contribution in [1.29, 1.82) is 0 Å². The maximum Gasteiger partial charge on any atom is 0.253 e. The van der Waals surface area contributed by atoms with Crippen LogP contribution < -0.4 is 9.80 Å². The third kappa shape index (κ3) is 3.69. The van der Waals surface area contributed by atoms with Gasteiger partial charge in [0.15, 0.2) is 0 Å². The molecule has 8 nitrogen and oxygen atoms in total. The fourth-order valence-corrected chi connectivity index (χ4v) is 6.99. The van der Waals surface area contributed by atoms with Gasteiger partial charge in [0.05, 0.1) is 40.8 Å². The van der Waals surface area contributed by atoms with Crippen molar-refractivity contribution < 1.29 is 24.2 Å². The third-order valence-corrected chi connectivity index (χ3v) is 8.76. The average Bonchev–Trinajstić information content (AvgIpc) is 3.21. The Hall–Kier alpha value is -3.46. The molecule has 6 rings (SSSR count). The first kappa shape index (κ1) is 25.8. The van der Waals surface area contributed by atoms with E-state index in [4.69, 9.17) is 16.3 Å². The predicted octanol–water partition coefficient (Wildman–Crippen LogP) is 3.20. The van der Waals surface area contributed by atoms with Crippen LogP contribution in [0.15, 0.2) is 78.9 Å². The van der Waals surface area contributed by atoms with Gasteiger partial charge >= 0.3 is 0 Å². The van der Waals surface area contributed by atoms with E-state index in [1.165, 1.54) is 4.90 Å². The monoisotopic (exact) mass is 547 g/mol. The Bertz CT molecular complexity index is 1400. The predicted molar refractivity (Wildman–Crippen MR) is 147 cm³/mol. The molecule has 6 atom stereocenters. The maximum absolute atomic E-state index is 14.4. The summed E-state index contributed by atoms with van der Waals surface area (Å²) in [6.07, 6.45) is 7.33. The molecular formula is C30H30ClN3O5. The minimum absolute atomic E-state index is 0.216. The molecule has 0 aromatic heterocycles. The second-order valence-electron chi connectivity index (χ2n) is 10.8. The van der Waals surface area contributed by atoms with Crippen molar-refractivity contribution in [2.45, 2.75) is 37.1 Å². The van der Waals surface area contributed by atoms with E-state index in [9.17, 15) is 19.5 Å². The first-order valence-corrected chi connectivity index (χ1v) is 13.5. The van der Waals surface area contributed by atoms with Crippen molar-refractivity contribution >= 4 is 40.7 Å². The molecule has 39 heavy (non-hydrogen) atoms. The Morgan fingerprint density at radius 3 is 2.31 bits per heavy atom. The zero-order chi connectivity index (χ0) is 27.5. The van der Waals surface area contributed by atoms with Gasteiger partial charge in [0, 0.05) is 18.8 Å². The number of rotatable bonds is 4. The molecule has 2 fully saturated rings. The lowest BCUT2D eigenvalue weighted by molar-refractivity contribution is -0.147. The highest BCUT2D eigenvalue weighted by molar-refractivity contribution is 6.34. The van der Waals surface area contributed by atoms with Crippen molar-refractivity contribution in [3.05, 3.63) is 83.9 Å². The number of carbonyl (C=O) groups excluding carboxylic acids is 3. The summed E-state index contributed by atoms with van der Waals surface area (Å²) in [6, 6.07) is 14.6. The normalized spacial score (nSPS) is 32.6. The topological polar surface area (TPSA) is 90.4 Å². The average molecular weight is 548 g/mol. The van der Waals surface area contributed by atoms with Crippen molar-refractivity contribution in [2.24, 2.45) is 11.8 Å². The number of likely N-dealkylation sites (tertiary alicyclic amines) is 1. The van der Waals surface area contributed by atoms with E-state index in [1.54, 1.807) is 47.1 Å². The fourth-order valence-electron chi connectivity index (χ4n) is 6.75. The van der Waals surface area contributed by atoms with E-state index in [0.717, 1.165) is 5.69 Å². The fraction of sp³-hybridized carbons (Fsp3) is 0.367. The number of anilines is 2. The molecule has 2 saturated heterocycles. The molecular weight excluding hydrogens is 518 g/mol. The molecule has 4 aliphatic heterocycles. The van der Waals surface area contributed by atoms with Gasteiger partial charge in [-0.15, -0.1) is 0 Å². The Labute approximate surface area is 232 Å². The quantitative estimate of drug-likeness (QED) is 0.594. The van der Waals surface area contributed by atoms with Crippen LogP contribution in [-0.2, 0) is 19.1 Å². The Balaban J connectivity index is 1.50. The Morgan fingerprint density at radius 1 is 0.923 bits per heavy atom. The molecule has 1 N–H and O–H groups in total. The van der Waals surface area contributed by atoms with E-state index in [2.05, 4.69) is 0 Å². The van der Waals surface area contributed by atoms with Crippen LogP contribution in [0.25, 0.3) is 0 Å². The largest absolute Gasteiger partial charge is 0.394 e. The van der Waals surface area contributed by atoms with Crippen LogP contribution in [0, 0.1) is 11.8 Å². The second-order valence-corrected chi connectivity index (χ2v) is 11.2. The molecule has 0 saturated carbocycles. The summed E-state index contributed by atoms with van der Waals surface area (Å²) in [5.74, 6) is -2.85. The minimum Gasteiger partial charge on any atom is -0.394 e. The number of fused-ring (bicyclic) bond motifs is 2. The Kier molecular flexibility index (Phi) is 6.17. The molecule has 2 aromatic rings. The molecule has 0 aliphatic carbocycles. The molecule has 9 heteroatoms. The van der Waals surface area contributed by atoms with Gasteiger partial charge in [0.25, 0.3) is 5.91 Å². The van der Waals surface area contributed by atoms with Gasteiger partial charge in [0.2, 0.25) is 11.8 Å². The van der Waals surface area contributed by atoms with Crippen molar-refractivity contribution in [1.82, 2.24) is 4.90 Å². The van der Waals surface area contributed by atoms with Gasteiger partial charge in [-0.3, -0.25) is 14.4 Å². The van der Waals surface area contributed by atoms with Crippen LogP contribution in [0.2, 0.25) is 5.02 Å². The van der Waals surface area contributed by atoms with Crippen molar-refractivity contribution in [3.8, 4) is 0 Å². The number of para-hydroxylation sites is 2. The van der Waals surface area contributed by atoms with Gasteiger partial charge in [0.1, 0.15) is 11.6 Å². The van der Waals surface area contributed by atoms with Crippen LogP contribution in [0.4, 0.5) is 11.4 Å². The molecule has 4 aliphatic rings. The van der Waals surface area contributed by atoms with E-state index >= 15 is 0 Å². The summed E-state index contributed by atoms with van der Waals surface area (Å²) in [5, 5.41) is 10.5. The van der Waals surface area contributed by atoms with Gasteiger partial charge in [-0.25, -0.2) is 0 Å². The summed E-state index contributed by atoms with van der Waals surface area (Å²) in [7, 11) is 0. The number of carbonyl (C=O) groups is 3. The molecule has 0 bridgehead atoms. The zero-order valence-corrected chi connectivity index (χ0v) is 22.5. The zero-order valence-electron chi connectivity index (χ0n) is 21.7. The number of hydrogen-bond acceptors (Lipinski definition) is 5. The molecule has 3 amide bonds. The van der Waals surface area contributed by atoms with Crippen LogP contribution in [0.3, 0.4) is 0 Å². The third-order valence-electron chi connectivity index (χ3n) is 8.45. The van der Waals surface area contributed by atoms with E-state index in [1.807, 2.05) is 55.5 Å². The molecule has 2 aromatic carbocycles. The van der Waals surface area contributed by atoms with Gasteiger partial charge < -0.3 is 24.5 Å². The number of ether oxygens (including phenoxy) is 1. The summed E-state index contributed by atoms with van der Waals surface area (Å²) < 4.78 is 6.82. The summed E-state index contributed by atoms with van der Waals surface area (Å²) in [4.78, 5) is 47.6. The van der Waals surface area contributed by atoms with Crippen LogP contribution in [0.5, 0.6) is 0 Å². The highest BCUT2D eigenvalue weighted by Gasteiger charge is 2.75. The number of aliphatic hydroxyl groups excluding tert-OH is 1. The first-order chi connectivity index (χ1) is 18.7. The molecule has 0 radical (unpaired) electrons. The maximum atomic E-state index is 14.4. The summed E-state index contributed by atoms with van der Waals surface area (Å²) >= 11 is 6.49. The van der Waals surface area contributed by atoms with Crippen molar-refractivity contribution in [2.75, 3.05) is 29.5 Å². The highest BCUT2D eigenvalue weighted by atomic mass is 35.5. The number of aliphatic hydroxyl groups is 1. The molecule has 202 valence electrons.